The van der Waals surface area contributed by atoms with Crippen molar-refractivity contribution < 1.29 is 9.59 Å². The van der Waals surface area contributed by atoms with Crippen LogP contribution in [0.25, 0.3) is 10.2 Å². The lowest BCUT2D eigenvalue weighted by atomic mass is 9.97. The number of hydrogen-bond acceptors (Lipinski definition) is 7. The Morgan fingerprint density at radius 2 is 1.97 bits per heavy atom. The van der Waals surface area contributed by atoms with Crippen molar-refractivity contribution in [2.45, 2.75) is 32.1 Å². The second-order valence-electron chi connectivity index (χ2n) is 7.37. The lowest BCUT2D eigenvalue weighted by molar-refractivity contribution is -0.129. The van der Waals surface area contributed by atoms with Gasteiger partial charge in [-0.3, -0.25) is 25.3 Å². The Balaban J connectivity index is 1.21. The van der Waals surface area contributed by atoms with Gasteiger partial charge in [0.25, 0.3) is 5.91 Å². The quantitative estimate of drug-likeness (QED) is 0.567. The van der Waals surface area contributed by atoms with E-state index < -0.39 is 0 Å². The van der Waals surface area contributed by atoms with Gasteiger partial charge in [-0.1, -0.05) is 11.6 Å². The van der Waals surface area contributed by atoms with Gasteiger partial charge in [-0.25, -0.2) is 9.97 Å². The number of piperidine rings is 1. The smallest absolute Gasteiger partial charge is 0.252 e. The summed E-state index contributed by atoms with van der Waals surface area (Å²) in [5.41, 5.74) is 6.81. The van der Waals surface area contributed by atoms with Gasteiger partial charge < -0.3 is 0 Å². The first kappa shape index (κ1) is 21.2. The number of fused-ring (bicyclic) bond motifs is 1. The Morgan fingerprint density at radius 1 is 1.20 bits per heavy atom. The number of amides is 2. The van der Waals surface area contributed by atoms with Gasteiger partial charge in [0, 0.05) is 22.0 Å². The summed E-state index contributed by atoms with van der Waals surface area (Å²) in [4.78, 5) is 35.2. The molecular formula is C20H22ClN5O2S2. The molecule has 0 atom stereocenters. The summed E-state index contributed by atoms with van der Waals surface area (Å²) >= 11 is 9.22. The Morgan fingerprint density at radius 3 is 2.70 bits per heavy atom. The lowest BCUT2D eigenvalue weighted by Crippen LogP contribution is -2.48. The van der Waals surface area contributed by atoms with Crippen LogP contribution < -0.4 is 10.9 Å². The molecule has 1 aliphatic heterocycles. The molecule has 0 spiro atoms. The third kappa shape index (κ3) is 5.34. The zero-order valence-electron chi connectivity index (χ0n) is 16.5. The third-order valence-corrected chi connectivity index (χ3v) is 7.39. The number of nitrogens with zero attached hydrogens (tertiary/aromatic N) is 3. The van der Waals surface area contributed by atoms with Crippen molar-refractivity contribution in [2.75, 3.05) is 19.6 Å². The number of rotatable bonds is 5. The number of likely N-dealkylation sites (tertiary alicyclic amines) is 1. The fourth-order valence-electron chi connectivity index (χ4n) is 3.48. The summed E-state index contributed by atoms with van der Waals surface area (Å²) < 4.78 is 1.15. The number of aryl methyl sites for hydroxylation is 1. The molecule has 3 heterocycles. The summed E-state index contributed by atoms with van der Waals surface area (Å²) in [6.45, 7) is 3.79. The molecule has 1 fully saturated rings. The van der Waals surface area contributed by atoms with Gasteiger partial charge in [-0.05, 0) is 51.1 Å². The number of carbonyl (C=O) groups is 2. The first-order valence-corrected chi connectivity index (χ1v) is 11.8. The average molecular weight is 464 g/mol. The average Bonchev–Trinajstić information content (AvgIpc) is 3.32. The Labute approximate surface area is 187 Å². The van der Waals surface area contributed by atoms with E-state index in [2.05, 4.69) is 20.7 Å². The van der Waals surface area contributed by atoms with Crippen molar-refractivity contribution in [3.05, 3.63) is 44.3 Å². The summed E-state index contributed by atoms with van der Waals surface area (Å²) in [5.74, 6) is -0.0824. The molecule has 2 N–H and O–H groups in total. The van der Waals surface area contributed by atoms with Crippen LogP contribution in [0.5, 0.6) is 0 Å². The first-order valence-electron chi connectivity index (χ1n) is 9.73. The number of aromatic nitrogens is 2. The molecule has 1 saturated heterocycles. The molecule has 158 valence electrons. The normalized spacial score (nSPS) is 15.4. The number of benzene rings is 1. The molecule has 0 bridgehead atoms. The largest absolute Gasteiger partial charge is 0.294 e. The minimum Gasteiger partial charge on any atom is -0.294 e. The molecule has 0 radical (unpaired) electrons. The van der Waals surface area contributed by atoms with E-state index in [1.54, 1.807) is 11.3 Å². The molecule has 4 rings (SSSR count). The van der Waals surface area contributed by atoms with Crippen LogP contribution in [0.15, 0.2) is 23.6 Å². The molecule has 1 aliphatic rings. The highest BCUT2D eigenvalue weighted by Gasteiger charge is 2.24. The molecule has 3 aromatic rings. The van der Waals surface area contributed by atoms with Gasteiger partial charge in [0.2, 0.25) is 5.91 Å². The van der Waals surface area contributed by atoms with Crippen LogP contribution in [0.1, 0.15) is 34.5 Å². The zero-order valence-corrected chi connectivity index (χ0v) is 18.9. The second-order valence-corrected chi connectivity index (χ2v) is 9.81. The van der Waals surface area contributed by atoms with Gasteiger partial charge in [-0.2, -0.15) is 0 Å². The number of hydrazine groups is 1. The van der Waals surface area contributed by atoms with E-state index >= 15 is 0 Å². The topological polar surface area (TPSA) is 87.2 Å². The molecule has 0 unspecified atom stereocenters. The van der Waals surface area contributed by atoms with E-state index in [9.17, 15) is 9.59 Å². The minimum atomic E-state index is -0.271. The second kappa shape index (κ2) is 9.38. The molecule has 10 heteroatoms. The fourth-order valence-corrected chi connectivity index (χ4v) is 5.53. The molecule has 0 aliphatic carbocycles. The Kier molecular flexibility index (Phi) is 6.62. The van der Waals surface area contributed by atoms with E-state index in [0.29, 0.717) is 10.9 Å². The number of nitrogens with one attached hydrogen (secondary N) is 2. The third-order valence-electron chi connectivity index (χ3n) is 4.99. The number of halogens is 1. The minimum absolute atomic E-state index is 0.164. The van der Waals surface area contributed by atoms with Crippen molar-refractivity contribution in [1.82, 2.24) is 25.7 Å². The molecule has 2 amide bonds. The van der Waals surface area contributed by atoms with Crippen molar-refractivity contribution in [3.8, 4) is 0 Å². The summed E-state index contributed by atoms with van der Waals surface area (Å²) in [7, 11) is 0. The summed E-state index contributed by atoms with van der Waals surface area (Å²) in [5, 5.41) is 4.47. The predicted octanol–water partition coefficient (Wildman–Crippen LogP) is 3.28. The number of hydrogen-bond donors (Lipinski definition) is 2. The Bertz CT molecular complexity index is 1060. The monoisotopic (exact) mass is 463 g/mol. The first-order chi connectivity index (χ1) is 14.5. The molecular weight excluding hydrogens is 442 g/mol. The van der Waals surface area contributed by atoms with E-state index in [-0.39, 0.29) is 24.8 Å². The standard InChI is InChI=1S/C20H22ClN5O2S2/c1-12-11-29-19(22-12)9-17(27)24-25-18(28)10-26-6-4-13(5-7-26)20-23-15-8-14(21)2-3-16(15)30-20/h2-3,8,11,13H,4-7,9-10H2,1H3,(H,24,27)(H,25,28). The van der Waals surface area contributed by atoms with Gasteiger partial charge >= 0.3 is 0 Å². The highest BCUT2D eigenvalue weighted by molar-refractivity contribution is 7.18. The van der Waals surface area contributed by atoms with Crippen LogP contribution in [0.2, 0.25) is 5.02 Å². The number of carbonyl (C=O) groups excluding carboxylic acids is 2. The van der Waals surface area contributed by atoms with Crippen LogP contribution in [-0.4, -0.2) is 46.3 Å². The van der Waals surface area contributed by atoms with Gasteiger partial charge in [0.1, 0.15) is 5.01 Å². The van der Waals surface area contributed by atoms with E-state index in [1.165, 1.54) is 11.3 Å². The zero-order chi connectivity index (χ0) is 21.1. The predicted molar refractivity (Wildman–Crippen MR) is 120 cm³/mol. The highest BCUT2D eigenvalue weighted by atomic mass is 35.5. The Hall–Kier alpha value is -2.07. The van der Waals surface area contributed by atoms with E-state index in [1.807, 2.05) is 30.5 Å². The van der Waals surface area contributed by atoms with Crippen molar-refractivity contribution in [2.24, 2.45) is 0 Å². The van der Waals surface area contributed by atoms with Gasteiger partial charge in [0.15, 0.2) is 0 Å². The molecule has 7 nitrogen and oxygen atoms in total. The fraction of sp³-hybridized carbons (Fsp3) is 0.400. The van der Waals surface area contributed by atoms with Crippen LogP contribution in [-0.2, 0) is 16.0 Å². The highest BCUT2D eigenvalue weighted by Crippen LogP contribution is 2.34. The van der Waals surface area contributed by atoms with Crippen molar-refractivity contribution >= 4 is 56.3 Å². The molecule has 30 heavy (non-hydrogen) atoms. The van der Waals surface area contributed by atoms with Gasteiger partial charge in [0.05, 0.1) is 28.2 Å². The number of thiazole rings is 2. The summed E-state index contributed by atoms with van der Waals surface area (Å²) in [6.07, 6.45) is 2.07. The van der Waals surface area contributed by atoms with Gasteiger partial charge in [-0.15, -0.1) is 22.7 Å². The SMILES string of the molecule is Cc1csc(CC(=O)NNC(=O)CN2CCC(c3nc4cc(Cl)ccc4s3)CC2)n1. The van der Waals surface area contributed by atoms with Crippen LogP contribution >= 0.6 is 34.3 Å². The maximum Gasteiger partial charge on any atom is 0.252 e. The van der Waals surface area contributed by atoms with Crippen molar-refractivity contribution in [1.29, 1.82) is 0 Å². The molecule has 1 aromatic carbocycles. The van der Waals surface area contributed by atoms with Crippen LogP contribution in [0, 0.1) is 6.92 Å². The van der Waals surface area contributed by atoms with E-state index in [0.717, 1.165) is 51.9 Å². The summed E-state index contributed by atoms with van der Waals surface area (Å²) in [6, 6.07) is 5.81. The van der Waals surface area contributed by atoms with E-state index in [4.69, 9.17) is 16.6 Å². The van der Waals surface area contributed by atoms with Crippen LogP contribution in [0.4, 0.5) is 0 Å². The molecule has 2 aromatic heterocycles. The lowest BCUT2D eigenvalue weighted by Gasteiger charge is -2.30. The van der Waals surface area contributed by atoms with Crippen LogP contribution in [0.3, 0.4) is 0 Å². The van der Waals surface area contributed by atoms with Crippen molar-refractivity contribution in [3.63, 3.8) is 0 Å². The molecule has 0 saturated carbocycles. The maximum atomic E-state index is 12.2. The maximum absolute atomic E-state index is 12.2.